The topological polar surface area (TPSA) is 53.9 Å². The average molecular weight is 404 g/mol. The number of hydrogen-bond donors (Lipinski definition) is 1. The van der Waals surface area contributed by atoms with Gasteiger partial charge in [0.05, 0.1) is 21.3 Å². The number of ether oxygens (including phenoxy) is 2. The van der Waals surface area contributed by atoms with Crippen LogP contribution in [0.2, 0.25) is 0 Å². The molecule has 1 atom stereocenters. The van der Waals surface area contributed by atoms with E-state index in [1.807, 2.05) is 26.1 Å². The van der Waals surface area contributed by atoms with Gasteiger partial charge in [0.15, 0.2) is 18.2 Å². The fourth-order valence-corrected chi connectivity index (χ4v) is 3.15. The number of rotatable bonds is 7. The van der Waals surface area contributed by atoms with Crippen molar-refractivity contribution in [2.45, 2.75) is 20.1 Å². The highest BCUT2D eigenvalue weighted by Crippen LogP contribution is 2.29. The van der Waals surface area contributed by atoms with Gasteiger partial charge in [-0.3, -0.25) is 0 Å². The summed E-state index contributed by atoms with van der Waals surface area (Å²) in [5, 5.41) is 4.43. The predicted octanol–water partition coefficient (Wildman–Crippen LogP) is 3.01. The Hall–Kier alpha value is -2.71. The number of nitrogens with one attached hydrogen (secondary N) is 1. The quantitative estimate of drug-likeness (QED) is 0.614. The van der Waals surface area contributed by atoms with Crippen molar-refractivity contribution in [2.24, 2.45) is 0 Å². The van der Waals surface area contributed by atoms with Gasteiger partial charge in [-0.05, 0) is 61.1 Å². The Labute approximate surface area is 168 Å². The fourth-order valence-electron chi connectivity index (χ4n) is 2.97. The van der Waals surface area contributed by atoms with E-state index in [0.29, 0.717) is 29.6 Å². The SMILES string of the molecule is COc1cc(C)c(C[NH+](C)Cn2nc(-c3ccc(F)cc3)oc2=S)cc1OC. The van der Waals surface area contributed by atoms with Gasteiger partial charge < -0.3 is 18.8 Å². The molecular weight excluding hydrogens is 381 g/mol. The van der Waals surface area contributed by atoms with Crippen LogP contribution >= 0.6 is 12.2 Å². The monoisotopic (exact) mass is 404 g/mol. The summed E-state index contributed by atoms with van der Waals surface area (Å²) in [5.41, 5.74) is 2.94. The molecule has 0 aliphatic rings. The van der Waals surface area contributed by atoms with Crippen molar-refractivity contribution in [3.63, 3.8) is 0 Å². The molecule has 0 saturated heterocycles. The highest BCUT2D eigenvalue weighted by atomic mass is 32.1. The summed E-state index contributed by atoms with van der Waals surface area (Å²) in [6.45, 7) is 3.31. The van der Waals surface area contributed by atoms with E-state index in [1.54, 1.807) is 31.0 Å². The highest BCUT2D eigenvalue weighted by Gasteiger charge is 2.15. The van der Waals surface area contributed by atoms with E-state index in [4.69, 9.17) is 26.1 Å². The minimum Gasteiger partial charge on any atom is -0.493 e. The molecule has 28 heavy (non-hydrogen) atoms. The van der Waals surface area contributed by atoms with E-state index in [2.05, 4.69) is 5.10 Å². The van der Waals surface area contributed by atoms with Crippen molar-refractivity contribution in [3.8, 4) is 23.0 Å². The number of aryl methyl sites for hydroxylation is 1. The Bertz CT molecular complexity index is 1010. The van der Waals surface area contributed by atoms with Gasteiger partial charge in [-0.25, -0.2) is 4.39 Å². The van der Waals surface area contributed by atoms with E-state index in [-0.39, 0.29) is 10.7 Å². The first-order chi connectivity index (χ1) is 13.4. The summed E-state index contributed by atoms with van der Waals surface area (Å²) < 4.78 is 31.1. The lowest BCUT2D eigenvalue weighted by Crippen LogP contribution is -3.07. The van der Waals surface area contributed by atoms with Crippen molar-refractivity contribution in [1.82, 2.24) is 9.78 Å². The molecule has 1 heterocycles. The fraction of sp³-hybridized carbons (Fsp3) is 0.300. The summed E-state index contributed by atoms with van der Waals surface area (Å²) in [6.07, 6.45) is 0. The second-order valence-corrected chi connectivity index (χ2v) is 6.95. The number of hydrogen-bond acceptors (Lipinski definition) is 5. The molecule has 0 aliphatic heterocycles. The standard InChI is InChI=1S/C20H22FN3O3S/c1-13-9-17(25-3)18(26-4)10-15(13)11-23(2)12-24-20(28)27-19(22-24)14-5-7-16(21)8-6-14/h5-10H,11-12H2,1-4H3/p+1. The zero-order chi connectivity index (χ0) is 20.3. The second-order valence-electron chi connectivity index (χ2n) is 6.61. The molecule has 1 unspecified atom stereocenters. The van der Waals surface area contributed by atoms with E-state index < -0.39 is 0 Å². The zero-order valence-corrected chi connectivity index (χ0v) is 17.1. The molecule has 0 aliphatic carbocycles. The third-order valence-corrected chi connectivity index (χ3v) is 4.75. The molecule has 0 saturated carbocycles. The minimum atomic E-state index is -0.309. The zero-order valence-electron chi connectivity index (χ0n) is 16.3. The maximum atomic E-state index is 13.1. The van der Waals surface area contributed by atoms with Crippen molar-refractivity contribution < 1.29 is 23.2 Å². The van der Waals surface area contributed by atoms with Crippen molar-refractivity contribution >= 4 is 12.2 Å². The Morgan fingerprint density at radius 2 is 1.79 bits per heavy atom. The van der Waals surface area contributed by atoms with Crippen molar-refractivity contribution in [3.05, 3.63) is 58.2 Å². The van der Waals surface area contributed by atoms with Crippen LogP contribution in [0.3, 0.4) is 0 Å². The van der Waals surface area contributed by atoms with Crippen LogP contribution in [0.25, 0.3) is 11.5 Å². The molecule has 6 nitrogen and oxygen atoms in total. The molecular formula is C20H23FN3O3S+. The summed E-state index contributed by atoms with van der Waals surface area (Å²) in [4.78, 5) is 1.44. The number of aromatic nitrogens is 2. The molecule has 0 fully saturated rings. The van der Waals surface area contributed by atoms with Gasteiger partial charge in [0.25, 0.3) is 4.84 Å². The Kier molecular flexibility index (Phi) is 6.11. The molecule has 2 aromatic carbocycles. The lowest BCUT2D eigenvalue weighted by Gasteiger charge is -2.17. The molecule has 0 radical (unpaired) electrons. The van der Waals surface area contributed by atoms with E-state index in [1.165, 1.54) is 12.1 Å². The summed E-state index contributed by atoms with van der Waals surface area (Å²) >= 11 is 5.29. The number of halogens is 1. The first kappa shape index (κ1) is 20.0. The molecule has 0 spiro atoms. The highest BCUT2D eigenvalue weighted by molar-refractivity contribution is 7.71. The van der Waals surface area contributed by atoms with E-state index in [9.17, 15) is 4.39 Å². The van der Waals surface area contributed by atoms with Crippen LogP contribution < -0.4 is 14.4 Å². The van der Waals surface area contributed by atoms with Gasteiger partial charge in [0.2, 0.25) is 5.89 Å². The first-order valence-corrected chi connectivity index (χ1v) is 9.18. The molecule has 1 aromatic heterocycles. The first-order valence-electron chi connectivity index (χ1n) is 8.78. The maximum Gasteiger partial charge on any atom is 0.292 e. The smallest absolute Gasteiger partial charge is 0.292 e. The number of nitrogens with zero attached hydrogens (tertiary/aromatic N) is 2. The van der Waals surface area contributed by atoms with Gasteiger partial charge in [0.1, 0.15) is 12.4 Å². The van der Waals surface area contributed by atoms with Crippen molar-refractivity contribution in [2.75, 3.05) is 21.3 Å². The van der Waals surface area contributed by atoms with Crippen LogP contribution in [-0.2, 0) is 13.2 Å². The van der Waals surface area contributed by atoms with Crippen LogP contribution in [0, 0.1) is 17.6 Å². The van der Waals surface area contributed by atoms with Gasteiger partial charge in [0, 0.05) is 11.1 Å². The maximum absolute atomic E-state index is 13.1. The molecule has 0 amide bonds. The van der Waals surface area contributed by atoms with Crippen molar-refractivity contribution in [1.29, 1.82) is 0 Å². The Morgan fingerprint density at radius 1 is 1.14 bits per heavy atom. The normalized spacial score (nSPS) is 12.0. The molecule has 8 heteroatoms. The number of quaternary nitrogens is 1. The van der Waals surface area contributed by atoms with Crippen LogP contribution in [0.15, 0.2) is 40.8 Å². The van der Waals surface area contributed by atoms with E-state index in [0.717, 1.165) is 22.6 Å². The van der Waals surface area contributed by atoms with Crippen LogP contribution in [0.1, 0.15) is 11.1 Å². The molecule has 1 N–H and O–H groups in total. The van der Waals surface area contributed by atoms with Crippen LogP contribution in [-0.4, -0.2) is 31.0 Å². The predicted molar refractivity (Wildman–Crippen MR) is 106 cm³/mol. The number of methoxy groups -OCH3 is 2. The van der Waals surface area contributed by atoms with Gasteiger partial charge in [-0.15, -0.1) is 5.10 Å². The van der Waals surface area contributed by atoms with Gasteiger partial charge in [-0.1, -0.05) is 0 Å². The minimum absolute atomic E-state index is 0.280. The summed E-state index contributed by atoms with van der Waals surface area (Å²) in [7, 11) is 5.29. The summed E-state index contributed by atoms with van der Waals surface area (Å²) in [5.74, 6) is 1.48. The Morgan fingerprint density at radius 3 is 2.43 bits per heavy atom. The molecule has 0 bridgehead atoms. The lowest BCUT2D eigenvalue weighted by atomic mass is 10.1. The van der Waals surface area contributed by atoms with Crippen LogP contribution in [0.4, 0.5) is 4.39 Å². The summed E-state index contributed by atoms with van der Waals surface area (Å²) in [6, 6.07) is 9.92. The largest absolute Gasteiger partial charge is 0.493 e. The molecule has 3 rings (SSSR count). The third kappa shape index (κ3) is 4.40. The van der Waals surface area contributed by atoms with Gasteiger partial charge >= 0.3 is 0 Å². The second kappa shape index (κ2) is 8.53. The molecule has 148 valence electrons. The number of benzene rings is 2. The van der Waals surface area contributed by atoms with E-state index >= 15 is 0 Å². The Balaban J connectivity index is 1.76. The van der Waals surface area contributed by atoms with Crippen LogP contribution in [0.5, 0.6) is 11.5 Å². The lowest BCUT2D eigenvalue weighted by molar-refractivity contribution is -0.917. The third-order valence-electron chi connectivity index (χ3n) is 4.45. The molecule has 3 aromatic rings. The van der Waals surface area contributed by atoms with Gasteiger partial charge in [-0.2, -0.15) is 4.68 Å². The average Bonchev–Trinajstić information content (AvgIpc) is 3.03.